The Morgan fingerprint density at radius 3 is 3.14 bits per heavy atom. The van der Waals surface area contributed by atoms with E-state index in [2.05, 4.69) is 5.32 Å². The minimum absolute atomic E-state index is 0.0496. The Kier molecular flexibility index (Phi) is 5.42. The van der Waals surface area contributed by atoms with Crippen LogP contribution in [0.25, 0.3) is 6.08 Å². The van der Waals surface area contributed by atoms with Crippen LogP contribution in [0.1, 0.15) is 12.5 Å². The molecule has 1 aromatic carbocycles. The van der Waals surface area contributed by atoms with Crippen LogP contribution in [0.5, 0.6) is 5.75 Å². The van der Waals surface area contributed by atoms with E-state index in [1.54, 1.807) is 12.1 Å². The first-order valence-electron chi connectivity index (χ1n) is 6.78. The molecular formula is C16H18ClNO3. The summed E-state index contributed by atoms with van der Waals surface area (Å²) in [4.78, 5) is 11.6. The van der Waals surface area contributed by atoms with E-state index in [1.165, 1.54) is 6.08 Å². The highest BCUT2D eigenvalue weighted by Crippen LogP contribution is 2.29. The van der Waals surface area contributed by atoms with Crippen molar-refractivity contribution in [2.45, 2.75) is 6.92 Å². The summed E-state index contributed by atoms with van der Waals surface area (Å²) in [6.45, 7) is 2.79. The first-order chi connectivity index (χ1) is 10.1. The highest BCUT2D eigenvalue weighted by Gasteiger charge is 2.10. The topological polar surface area (TPSA) is 58.6 Å². The zero-order valence-corrected chi connectivity index (χ0v) is 12.6. The van der Waals surface area contributed by atoms with Crippen LogP contribution in [0, 0.1) is 5.92 Å². The van der Waals surface area contributed by atoms with E-state index in [1.807, 2.05) is 25.1 Å². The lowest BCUT2D eigenvalue weighted by molar-refractivity contribution is -0.116. The standard InChI is InChI=1S/C16H18ClNO3/c1-11(9-19)8-18-16(20)5-2-12-6-13-7-14(17)3-4-15(13)21-10-12/h2-7,11,19H,8-10H2,1H3,(H,18,20)/b5-2+. The molecule has 21 heavy (non-hydrogen) atoms. The molecule has 1 amide bonds. The Bertz CT molecular complexity index is 581. The van der Waals surface area contributed by atoms with Gasteiger partial charge in [0.2, 0.25) is 5.91 Å². The van der Waals surface area contributed by atoms with Crippen LogP contribution in [0.4, 0.5) is 0 Å². The zero-order chi connectivity index (χ0) is 15.2. The first-order valence-corrected chi connectivity index (χ1v) is 7.16. The molecule has 4 nitrogen and oxygen atoms in total. The molecule has 1 aromatic rings. The van der Waals surface area contributed by atoms with Gasteiger partial charge in [-0.3, -0.25) is 4.79 Å². The van der Waals surface area contributed by atoms with Crippen LogP contribution in [0.2, 0.25) is 5.02 Å². The Hall–Kier alpha value is -1.78. The second-order valence-electron chi connectivity index (χ2n) is 5.06. The third kappa shape index (κ3) is 4.62. The van der Waals surface area contributed by atoms with Crippen LogP contribution in [0.3, 0.4) is 0 Å². The molecule has 2 N–H and O–H groups in total. The SMILES string of the molecule is CC(CO)CNC(=O)/C=C/C1=Cc2cc(Cl)ccc2OC1. The van der Waals surface area contributed by atoms with Crippen molar-refractivity contribution in [3.05, 3.63) is 46.5 Å². The van der Waals surface area contributed by atoms with Gasteiger partial charge in [0, 0.05) is 29.8 Å². The first kappa shape index (κ1) is 15.6. The van der Waals surface area contributed by atoms with Crippen molar-refractivity contribution in [2.24, 2.45) is 5.92 Å². The molecule has 0 radical (unpaired) electrons. The van der Waals surface area contributed by atoms with E-state index in [9.17, 15) is 4.79 Å². The Morgan fingerprint density at radius 2 is 2.38 bits per heavy atom. The van der Waals surface area contributed by atoms with Gasteiger partial charge in [-0.15, -0.1) is 0 Å². The number of carbonyl (C=O) groups excluding carboxylic acids is 1. The normalized spacial score (nSPS) is 15.1. The molecule has 0 aromatic heterocycles. The van der Waals surface area contributed by atoms with Crippen LogP contribution in [-0.2, 0) is 4.79 Å². The number of halogens is 1. The molecule has 0 saturated heterocycles. The van der Waals surface area contributed by atoms with Crippen molar-refractivity contribution >= 4 is 23.6 Å². The quantitative estimate of drug-likeness (QED) is 0.821. The number of amides is 1. The van der Waals surface area contributed by atoms with Gasteiger partial charge in [-0.2, -0.15) is 0 Å². The monoisotopic (exact) mass is 307 g/mol. The van der Waals surface area contributed by atoms with E-state index >= 15 is 0 Å². The number of rotatable bonds is 5. The summed E-state index contributed by atoms with van der Waals surface area (Å²) in [5.41, 5.74) is 1.80. The average Bonchev–Trinajstić information content (AvgIpc) is 2.49. The summed E-state index contributed by atoms with van der Waals surface area (Å²) in [6.07, 6.45) is 5.14. The molecule has 1 aliphatic rings. The second kappa shape index (κ2) is 7.29. The molecule has 1 heterocycles. The summed E-state index contributed by atoms with van der Waals surface area (Å²) in [5.74, 6) is 0.652. The molecule has 0 saturated carbocycles. The van der Waals surface area contributed by atoms with Gasteiger partial charge in [0.25, 0.3) is 0 Å². The molecule has 112 valence electrons. The lowest BCUT2D eigenvalue weighted by atomic mass is 10.1. The average molecular weight is 308 g/mol. The molecule has 0 aliphatic carbocycles. The predicted molar refractivity (Wildman–Crippen MR) is 83.3 cm³/mol. The van der Waals surface area contributed by atoms with E-state index in [4.69, 9.17) is 21.4 Å². The number of carbonyl (C=O) groups is 1. The van der Waals surface area contributed by atoms with Gasteiger partial charge in [-0.05, 0) is 35.8 Å². The van der Waals surface area contributed by atoms with Crippen molar-refractivity contribution in [1.29, 1.82) is 0 Å². The smallest absolute Gasteiger partial charge is 0.244 e. The number of fused-ring (bicyclic) bond motifs is 1. The number of nitrogens with one attached hydrogen (secondary N) is 1. The molecule has 0 bridgehead atoms. The third-order valence-corrected chi connectivity index (χ3v) is 3.33. The largest absolute Gasteiger partial charge is 0.488 e. The van der Waals surface area contributed by atoms with Gasteiger partial charge in [0.15, 0.2) is 0 Å². The molecule has 0 spiro atoms. The maximum absolute atomic E-state index is 11.6. The Morgan fingerprint density at radius 1 is 1.57 bits per heavy atom. The van der Waals surface area contributed by atoms with Gasteiger partial charge < -0.3 is 15.2 Å². The number of ether oxygens (including phenoxy) is 1. The van der Waals surface area contributed by atoms with Gasteiger partial charge in [0.1, 0.15) is 12.4 Å². The Labute approximate surface area is 129 Å². The fraction of sp³-hybridized carbons (Fsp3) is 0.312. The number of benzene rings is 1. The van der Waals surface area contributed by atoms with E-state index in [0.717, 1.165) is 16.9 Å². The maximum atomic E-state index is 11.6. The number of aliphatic hydroxyl groups excluding tert-OH is 1. The van der Waals surface area contributed by atoms with Crippen molar-refractivity contribution in [1.82, 2.24) is 5.32 Å². The number of hydrogen-bond acceptors (Lipinski definition) is 3. The fourth-order valence-electron chi connectivity index (χ4n) is 1.84. The predicted octanol–water partition coefficient (Wildman–Crippen LogP) is 2.42. The lowest BCUT2D eigenvalue weighted by Gasteiger charge is -2.16. The lowest BCUT2D eigenvalue weighted by Crippen LogP contribution is -2.28. The summed E-state index contributed by atoms with van der Waals surface area (Å²) in [7, 11) is 0. The minimum atomic E-state index is -0.187. The molecular weight excluding hydrogens is 290 g/mol. The molecule has 1 unspecified atom stereocenters. The minimum Gasteiger partial charge on any atom is -0.488 e. The van der Waals surface area contributed by atoms with Gasteiger partial charge in [0.05, 0.1) is 0 Å². The Balaban J connectivity index is 1.97. The summed E-state index contributed by atoms with van der Waals surface area (Å²) < 4.78 is 5.60. The van der Waals surface area contributed by atoms with Gasteiger partial charge in [-0.1, -0.05) is 24.6 Å². The highest BCUT2D eigenvalue weighted by atomic mass is 35.5. The second-order valence-corrected chi connectivity index (χ2v) is 5.49. The number of aliphatic hydroxyl groups is 1. The molecule has 1 aliphatic heterocycles. The van der Waals surface area contributed by atoms with Crippen LogP contribution < -0.4 is 10.1 Å². The van der Waals surface area contributed by atoms with Gasteiger partial charge in [-0.25, -0.2) is 0 Å². The van der Waals surface area contributed by atoms with Crippen LogP contribution >= 0.6 is 11.6 Å². The number of hydrogen-bond donors (Lipinski definition) is 2. The highest BCUT2D eigenvalue weighted by molar-refractivity contribution is 6.30. The van der Waals surface area contributed by atoms with Crippen molar-refractivity contribution in [3.63, 3.8) is 0 Å². The maximum Gasteiger partial charge on any atom is 0.244 e. The summed E-state index contributed by atoms with van der Waals surface area (Å²) >= 11 is 5.95. The molecule has 2 rings (SSSR count). The summed E-state index contributed by atoms with van der Waals surface area (Å²) in [6, 6.07) is 5.44. The van der Waals surface area contributed by atoms with Crippen molar-refractivity contribution in [3.8, 4) is 5.75 Å². The van der Waals surface area contributed by atoms with Crippen molar-refractivity contribution < 1.29 is 14.6 Å². The van der Waals surface area contributed by atoms with E-state index in [-0.39, 0.29) is 18.4 Å². The summed E-state index contributed by atoms with van der Waals surface area (Å²) in [5, 5.41) is 12.3. The molecule has 1 atom stereocenters. The molecule has 5 heteroatoms. The van der Waals surface area contributed by atoms with Crippen LogP contribution in [-0.4, -0.2) is 30.8 Å². The van der Waals surface area contributed by atoms with Gasteiger partial charge >= 0.3 is 0 Å². The zero-order valence-electron chi connectivity index (χ0n) is 11.8. The fourth-order valence-corrected chi connectivity index (χ4v) is 2.02. The van der Waals surface area contributed by atoms with Crippen molar-refractivity contribution in [2.75, 3.05) is 19.8 Å². The van der Waals surface area contributed by atoms with E-state index < -0.39 is 0 Å². The molecule has 0 fully saturated rings. The van der Waals surface area contributed by atoms with Crippen LogP contribution in [0.15, 0.2) is 35.9 Å². The van der Waals surface area contributed by atoms with E-state index in [0.29, 0.717) is 18.2 Å². The third-order valence-electron chi connectivity index (χ3n) is 3.09.